The number of halogens is 1. The number of aliphatic imine (C=N–C) groups is 1. The van der Waals surface area contributed by atoms with Crippen molar-refractivity contribution in [3.63, 3.8) is 0 Å². The Labute approximate surface area is 172 Å². The normalized spacial score (nSPS) is 12.3. The Morgan fingerprint density at radius 3 is 2.69 bits per heavy atom. The van der Waals surface area contributed by atoms with Crippen LogP contribution >= 0.6 is 24.0 Å². The SMILES string of the molecule is CCc1cc(CNC(=NC)NCCCOC(C)c2ccccc2)on1.I. The Kier molecular flexibility index (Phi) is 11.0. The van der Waals surface area contributed by atoms with E-state index in [1.165, 1.54) is 5.56 Å². The lowest BCUT2D eigenvalue weighted by Gasteiger charge is -2.14. The van der Waals surface area contributed by atoms with Crippen LogP contribution in [0.2, 0.25) is 0 Å². The minimum Gasteiger partial charge on any atom is -0.374 e. The number of ether oxygens (including phenoxy) is 1. The molecule has 1 unspecified atom stereocenters. The maximum Gasteiger partial charge on any atom is 0.191 e. The molecule has 0 aliphatic heterocycles. The third-order valence-corrected chi connectivity index (χ3v) is 3.87. The molecule has 0 saturated heterocycles. The molecule has 2 N–H and O–H groups in total. The summed E-state index contributed by atoms with van der Waals surface area (Å²) in [6.07, 6.45) is 1.88. The quantitative estimate of drug-likeness (QED) is 0.252. The molecule has 6 nitrogen and oxygen atoms in total. The lowest BCUT2D eigenvalue weighted by Crippen LogP contribution is -2.37. The summed E-state index contributed by atoms with van der Waals surface area (Å²) in [5.74, 6) is 1.55. The van der Waals surface area contributed by atoms with Crippen LogP contribution in [0.25, 0.3) is 0 Å². The average Bonchev–Trinajstić information content (AvgIpc) is 3.12. The molecular weight excluding hydrogens is 443 g/mol. The predicted octanol–water partition coefficient (Wildman–Crippen LogP) is 3.69. The van der Waals surface area contributed by atoms with Gasteiger partial charge in [0.25, 0.3) is 0 Å². The molecule has 1 aromatic carbocycles. The van der Waals surface area contributed by atoms with Crippen LogP contribution in [0.1, 0.15) is 43.4 Å². The molecule has 1 atom stereocenters. The van der Waals surface area contributed by atoms with E-state index in [1.54, 1.807) is 7.05 Å². The zero-order valence-electron chi connectivity index (χ0n) is 15.7. The van der Waals surface area contributed by atoms with Gasteiger partial charge in [0.15, 0.2) is 11.7 Å². The van der Waals surface area contributed by atoms with Gasteiger partial charge in [-0.1, -0.05) is 42.4 Å². The lowest BCUT2D eigenvalue weighted by atomic mass is 10.1. The summed E-state index contributed by atoms with van der Waals surface area (Å²) in [7, 11) is 1.75. The summed E-state index contributed by atoms with van der Waals surface area (Å²) in [6.45, 7) is 6.18. The van der Waals surface area contributed by atoms with Gasteiger partial charge in [0.1, 0.15) is 0 Å². The van der Waals surface area contributed by atoms with Crippen molar-refractivity contribution in [3.05, 3.63) is 53.4 Å². The van der Waals surface area contributed by atoms with Crippen molar-refractivity contribution in [2.24, 2.45) is 4.99 Å². The minimum atomic E-state index is 0. The third kappa shape index (κ3) is 7.74. The third-order valence-electron chi connectivity index (χ3n) is 3.87. The van der Waals surface area contributed by atoms with Crippen LogP contribution in [0.4, 0.5) is 0 Å². The topological polar surface area (TPSA) is 71.7 Å². The standard InChI is InChI=1S/C19H28N4O2.HI/c1-4-17-13-18(25-23-17)14-22-19(20-3)21-11-8-12-24-15(2)16-9-6-5-7-10-16;/h5-7,9-10,13,15H,4,8,11-12,14H2,1-3H3,(H2,20,21,22);1H. The molecule has 0 saturated carbocycles. The highest BCUT2D eigenvalue weighted by Crippen LogP contribution is 2.15. The monoisotopic (exact) mass is 472 g/mol. The molecule has 0 spiro atoms. The minimum absolute atomic E-state index is 0. The van der Waals surface area contributed by atoms with Gasteiger partial charge in [-0.3, -0.25) is 4.99 Å². The maximum atomic E-state index is 5.86. The van der Waals surface area contributed by atoms with Crippen molar-refractivity contribution < 1.29 is 9.26 Å². The summed E-state index contributed by atoms with van der Waals surface area (Å²) >= 11 is 0. The van der Waals surface area contributed by atoms with Crippen molar-refractivity contribution in [1.29, 1.82) is 0 Å². The van der Waals surface area contributed by atoms with E-state index in [1.807, 2.05) is 24.3 Å². The average molecular weight is 472 g/mol. The number of nitrogens with zero attached hydrogens (tertiary/aromatic N) is 2. The van der Waals surface area contributed by atoms with Gasteiger partial charge in [-0.15, -0.1) is 24.0 Å². The molecule has 26 heavy (non-hydrogen) atoms. The van der Waals surface area contributed by atoms with E-state index < -0.39 is 0 Å². The molecule has 2 aromatic rings. The van der Waals surface area contributed by atoms with Crippen molar-refractivity contribution in [1.82, 2.24) is 15.8 Å². The zero-order chi connectivity index (χ0) is 17.9. The lowest BCUT2D eigenvalue weighted by molar-refractivity contribution is 0.0646. The molecule has 0 radical (unpaired) electrons. The second-order valence-electron chi connectivity index (χ2n) is 5.77. The van der Waals surface area contributed by atoms with Crippen LogP contribution in [-0.2, 0) is 17.7 Å². The maximum absolute atomic E-state index is 5.86. The highest BCUT2D eigenvalue weighted by atomic mass is 127. The molecule has 0 aliphatic rings. The Balaban J connectivity index is 0.00000338. The molecule has 0 fully saturated rings. The Bertz CT molecular complexity index is 646. The van der Waals surface area contributed by atoms with Crippen LogP contribution in [0.5, 0.6) is 0 Å². The van der Waals surface area contributed by atoms with E-state index in [4.69, 9.17) is 9.26 Å². The van der Waals surface area contributed by atoms with Gasteiger partial charge in [-0.05, 0) is 25.3 Å². The summed E-state index contributed by atoms with van der Waals surface area (Å²) in [6, 6.07) is 12.2. The van der Waals surface area contributed by atoms with E-state index in [0.717, 1.165) is 36.8 Å². The summed E-state index contributed by atoms with van der Waals surface area (Å²) in [5.41, 5.74) is 2.16. The van der Waals surface area contributed by atoms with Crippen LogP contribution in [0.15, 0.2) is 45.9 Å². The summed E-state index contributed by atoms with van der Waals surface area (Å²) in [5, 5.41) is 10.5. The largest absolute Gasteiger partial charge is 0.374 e. The van der Waals surface area contributed by atoms with E-state index in [0.29, 0.717) is 13.2 Å². The fourth-order valence-electron chi connectivity index (χ4n) is 2.36. The smallest absolute Gasteiger partial charge is 0.191 e. The number of hydrogen-bond acceptors (Lipinski definition) is 4. The Morgan fingerprint density at radius 2 is 2.04 bits per heavy atom. The van der Waals surface area contributed by atoms with Crippen molar-refractivity contribution in [3.8, 4) is 0 Å². The highest BCUT2D eigenvalue weighted by molar-refractivity contribution is 14.0. The number of benzene rings is 1. The number of aromatic nitrogens is 1. The number of rotatable bonds is 9. The fraction of sp³-hybridized carbons (Fsp3) is 0.474. The Morgan fingerprint density at radius 1 is 1.27 bits per heavy atom. The van der Waals surface area contributed by atoms with Crippen LogP contribution in [0.3, 0.4) is 0 Å². The van der Waals surface area contributed by atoms with Crippen LogP contribution in [-0.4, -0.2) is 31.3 Å². The van der Waals surface area contributed by atoms with Gasteiger partial charge in [-0.2, -0.15) is 0 Å². The van der Waals surface area contributed by atoms with Gasteiger partial charge >= 0.3 is 0 Å². The molecule has 1 aromatic heterocycles. The van der Waals surface area contributed by atoms with Gasteiger partial charge < -0.3 is 19.9 Å². The van der Waals surface area contributed by atoms with Gasteiger partial charge in [0, 0.05) is 26.3 Å². The van der Waals surface area contributed by atoms with E-state index in [2.05, 4.69) is 46.8 Å². The van der Waals surface area contributed by atoms with Crippen molar-refractivity contribution >= 4 is 29.9 Å². The van der Waals surface area contributed by atoms with E-state index in [-0.39, 0.29) is 30.1 Å². The molecular formula is C19H29IN4O2. The zero-order valence-corrected chi connectivity index (χ0v) is 18.0. The number of hydrogen-bond donors (Lipinski definition) is 2. The molecule has 0 amide bonds. The first-order valence-electron chi connectivity index (χ1n) is 8.78. The van der Waals surface area contributed by atoms with Gasteiger partial charge in [-0.25, -0.2) is 0 Å². The second-order valence-corrected chi connectivity index (χ2v) is 5.77. The number of guanidine groups is 1. The molecule has 144 valence electrons. The predicted molar refractivity (Wildman–Crippen MR) is 115 cm³/mol. The molecule has 0 bridgehead atoms. The van der Waals surface area contributed by atoms with E-state index >= 15 is 0 Å². The number of nitrogens with one attached hydrogen (secondary N) is 2. The Hall–Kier alpha value is -1.61. The molecule has 1 heterocycles. The molecule has 2 rings (SSSR count). The first kappa shape index (κ1) is 22.4. The molecule has 7 heteroatoms. The fourth-order valence-corrected chi connectivity index (χ4v) is 2.36. The number of aryl methyl sites for hydroxylation is 1. The first-order valence-corrected chi connectivity index (χ1v) is 8.78. The summed E-state index contributed by atoms with van der Waals surface area (Å²) in [4.78, 5) is 4.20. The van der Waals surface area contributed by atoms with Crippen LogP contribution < -0.4 is 10.6 Å². The molecule has 0 aliphatic carbocycles. The highest BCUT2D eigenvalue weighted by Gasteiger charge is 2.05. The second kappa shape index (κ2) is 12.7. The van der Waals surface area contributed by atoms with Crippen LogP contribution in [0, 0.1) is 0 Å². The summed E-state index contributed by atoms with van der Waals surface area (Å²) < 4.78 is 11.1. The van der Waals surface area contributed by atoms with E-state index in [9.17, 15) is 0 Å². The van der Waals surface area contributed by atoms with Crippen molar-refractivity contribution in [2.75, 3.05) is 20.2 Å². The van der Waals surface area contributed by atoms with Gasteiger partial charge in [0.05, 0.1) is 18.3 Å². The van der Waals surface area contributed by atoms with Gasteiger partial charge in [0.2, 0.25) is 0 Å². The van der Waals surface area contributed by atoms with Crippen molar-refractivity contribution in [2.45, 2.75) is 39.3 Å². The first-order chi connectivity index (χ1) is 12.2.